The molecule has 5 nitrogen and oxygen atoms in total. The van der Waals surface area contributed by atoms with Crippen molar-refractivity contribution in [3.63, 3.8) is 0 Å². The van der Waals surface area contributed by atoms with Crippen LogP contribution in [0.15, 0.2) is 24.3 Å². The highest BCUT2D eigenvalue weighted by Gasteiger charge is 2.56. The van der Waals surface area contributed by atoms with Crippen LogP contribution in [0, 0.1) is 0 Å². The van der Waals surface area contributed by atoms with Crippen molar-refractivity contribution in [2.45, 2.75) is 115 Å². The fourth-order valence-electron chi connectivity index (χ4n) is 4.00. The van der Waals surface area contributed by atoms with Crippen molar-refractivity contribution in [2.75, 3.05) is 25.1 Å². The van der Waals surface area contributed by atoms with Gasteiger partial charge in [-0.15, -0.1) is 0 Å². The number of benzene rings is 1. The van der Waals surface area contributed by atoms with Crippen LogP contribution in [0.25, 0.3) is 0 Å². The SMILES string of the molecule is O=C(OCC(O)CO)c1ccc(NCCCCCCCCCCCCCCCCC(F)(F)C(F)(F)F)cc1. The molecule has 0 aliphatic heterocycles. The number of aliphatic hydroxyl groups excluding tert-OH is 2. The third-order valence-electron chi connectivity index (χ3n) is 6.40. The average Bonchev–Trinajstić information content (AvgIpc) is 2.88. The third kappa shape index (κ3) is 15.5. The first kappa shape index (κ1) is 34.1. The number of hydrogen-bond acceptors (Lipinski definition) is 5. The lowest BCUT2D eigenvalue weighted by molar-refractivity contribution is -0.284. The molecule has 0 spiro atoms. The number of carbonyl (C=O) groups is 1. The van der Waals surface area contributed by atoms with Crippen molar-refractivity contribution in [2.24, 2.45) is 0 Å². The fraction of sp³-hybridized carbons (Fsp3) is 0.750. The van der Waals surface area contributed by atoms with E-state index in [9.17, 15) is 31.9 Å². The van der Waals surface area contributed by atoms with E-state index in [1.165, 1.54) is 32.1 Å². The molecule has 0 fully saturated rings. The van der Waals surface area contributed by atoms with Crippen molar-refractivity contribution in [3.05, 3.63) is 29.8 Å². The summed E-state index contributed by atoms with van der Waals surface area (Å²) in [5.74, 6) is -5.11. The third-order valence-corrected chi connectivity index (χ3v) is 6.40. The number of anilines is 1. The number of unbranched alkanes of at least 4 members (excludes halogenated alkanes) is 13. The van der Waals surface area contributed by atoms with Crippen LogP contribution >= 0.6 is 0 Å². The van der Waals surface area contributed by atoms with Gasteiger partial charge in [0.15, 0.2) is 0 Å². The lowest BCUT2D eigenvalue weighted by atomic mass is 10.0. The molecule has 0 saturated heterocycles. The molecule has 0 radical (unpaired) electrons. The molecule has 1 atom stereocenters. The topological polar surface area (TPSA) is 78.8 Å². The first-order valence-corrected chi connectivity index (χ1v) is 13.8. The molecule has 0 saturated carbocycles. The van der Waals surface area contributed by atoms with Gasteiger partial charge in [0, 0.05) is 18.7 Å². The van der Waals surface area contributed by atoms with Crippen molar-refractivity contribution in [3.8, 4) is 0 Å². The average molecular weight is 554 g/mol. The Hall–Kier alpha value is -1.94. The summed E-state index contributed by atoms with van der Waals surface area (Å²) in [5.41, 5.74) is 1.30. The number of carbonyl (C=O) groups excluding carboxylic acids is 1. The van der Waals surface area contributed by atoms with Gasteiger partial charge in [0.1, 0.15) is 12.7 Å². The van der Waals surface area contributed by atoms with Gasteiger partial charge >= 0.3 is 18.1 Å². The summed E-state index contributed by atoms with van der Waals surface area (Å²) in [6.07, 6.45) is 5.67. The second-order valence-corrected chi connectivity index (χ2v) is 9.84. The normalized spacial score (nSPS) is 12.9. The summed E-state index contributed by atoms with van der Waals surface area (Å²) in [6, 6.07) is 6.92. The molecule has 0 amide bonds. The zero-order valence-electron chi connectivity index (χ0n) is 22.2. The Morgan fingerprint density at radius 1 is 0.763 bits per heavy atom. The van der Waals surface area contributed by atoms with E-state index in [0.717, 1.165) is 50.8 Å². The van der Waals surface area contributed by atoms with Crippen LogP contribution in [-0.4, -0.2) is 54.1 Å². The van der Waals surface area contributed by atoms with Gasteiger partial charge in [-0.25, -0.2) is 4.79 Å². The van der Waals surface area contributed by atoms with Crippen LogP contribution in [0.1, 0.15) is 107 Å². The minimum Gasteiger partial charge on any atom is -0.459 e. The highest BCUT2D eigenvalue weighted by molar-refractivity contribution is 5.89. The molecule has 10 heteroatoms. The maximum Gasteiger partial charge on any atom is 0.453 e. The summed E-state index contributed by atoms with van der Waals surface area (Å²) in [6.45, 7) is 0.141. The van der Waals surface area contributed by atoms with Crippen LogP contribution in [0.2, 0.25) is 0 Å². The number of alkyl halides is 5. The number of ether oxygens (including phenoxy) is 1. The maximum atomic E-state index is 12.8. The number of esters is 1. The van der Waals surface area contributed by atoms with Crippen LogP contribution in [0.3, 0.4) is 0 Å². The van der Waals surface area contributed by atoms with E-state index in [1.54, 1.807) is 24.3 Å². The van der Waals surface area contributed by atoms with Crippen molar-refractivity contribution >= 4 is 11.7 Å². The second kappa shape index (κ2) is 19.2. The summed E-state index contributed by atoms with van der Waals surface area (Å²) < 4.78 is 66.8. The fourth-order valence-corrected chi connectivity index (χ4v) is 4.00. The van der Waals surface area contributed by atoms with Gasteiger partial charge in [-0.05, 0) is 37.1 Å². The van der Waals surface area contributed by atoms with E-state index in [2.05, 4.69) is 5.32 Å². The Bertz CT molecular complexity index is 744. The Morgan fingerprint density at radius 3 is 1.66 bits per heavy atom. The molecule has 1 aromatic carbocycles. The number of nitrogens with one attached hydrogen (secondary N) is 1. The van der Waals surface area contributed by atoms with Gasteiger partial charge < -0.3 is 20.3 Å². The van der Waals surface area contributed by atoms with E-state index in [1.807, 2.05) is 0 Å². The largest absolute Gasteiger partial charge is 0.459 e. The zero-order chi connectivity index (χ0) is 28.3. The molecule has 1 rings (SSSR count). The van der Waals surface area contributed by atoms with Gasteiger partial charge in [0.2, 0.25) is 0 Å². The minimum absolute atomic E-state index is 0.0893. The van der Waals surface area contributed by atoms with Crippen LogP contribution in [0.4, 0.5) is 27.6 Å². The minimum atomic E-state index is -5.44. The Balaban J connectivity index is 1.90. The van der Waals surface area contributed by atoms with Crippen molar-refractivity contribution in [1.82, 2.24) is 0 Å². The first-order valence-electron chi connectivity index (χ1n) is 13.8. The molecule has 0 aliphatic carbocycles. The van der Waals surface area contributed by atoms with Gasteiger partial charge in [-0.1, -0.05) is 77.0 Å². The molecule has 1 aromatic rings. The van der Waals surface area contributed by atoms with Gasteiger partial charge in [-0.3, -0.25) is 0 Å². The molecule has 0 heterocycles. The number of aliphatic hydroxyl groups is 2. The van der Waals surface area contributed by atoms with Gasteiger partial charge in [0.05, 0.1) is 12.2 Å². The summed E-state index contributed by atoms with van der Waals surface area (Å²) in [5, 5.41) is 21.3. The van der Waals surface area contributed by atoms with Crippen LogP contribution < -0.4 is 5.32 Å². The van der Waals surface area contributed by atoms with Gasteiger partial charge in [-0.2, -0.15) is 22.0 Å². The predicted molar refractivity (Wildman–Crippen MR) is 139 cm³/mol. The van der Waals surface area contributed by atoms with Crippen molar-refractivity contribution < 1.29 is 41.7 Å². The molecular weight excluding hydrogens is 509 g/mol. The molecule has 220 valence electrons. The lowest BCUT2D eigenvalue weighted by Crippen LogP contribution is -2.36. The predicted octanol–water partition coefficient (Wildman–Crippen LogP) is 7.66. The second-order valence-electron chi connectivity index (χ2n) is 9.84. The first-order chi connectivity index (χ1) is 18.1. The highest BCUT2D eigenvalue weighted by Crippen LogP contribution is 2.39. The van der Waals surface area contributed by atoms with Crippen LogP contribution in [0.5, 0.6) is 0 Å². The summed E-state index contributed by atoms with van der Waals surface area (Å²) in [7, 11) is 0. The zero-order valence-corrected chi connectivity index (χ0v) is 22.2. The lowest BCUT2D eigenvalue weighted by Gasteiger charge is -2.19. The quantitative estimate of drug-likeness (QED) is 0.0781. The number of hydrogen-bond donors (Lipinski definition) is 3. The maximum absolute atomic E-state index is 12.8. The van der Waals surface area contributed by atoms with E-state index < -0.39 is 37.2 Å². The molecule has 0 bridgehead atoms. The Kier molecular flexibility index (Phi) is 17.2. The molecule has 3 N–H and O–H groups in total. The van der Waals surface area contributed by atoms with Crippen molar-refractivity contribution in [1.29, 1.82) is 0 Å². The smallest absolute Gasteiger partial charge is 0.453 e. The Morgan fingerprint density at radius 2 is 1.21 bits per heavy atom. The molecule has 1 unspecified atom stereocenters. The monoisotopic (exact) mass is 553 g/mol. The molecule has 0 aliphatic rings. The van der Waals surface area contributed by atoms with Crippen LogP contribution in [-0.2, 0) is 4.74 Å². The molecular formula is C28H44F5NO4. The van der Waals surface area contributed by atoms with E-state index in [4.69, 9.17) is 9.84 Å². The standard InChI is InChI=1S/C28H44F5NO4/c29-27(30,28(31,32)33)19-13-11-9-7-5-3-1-2-4-6-8-10-12-14-20-34-24-17-15-23(16-18-24)26(37)38-22-25(36)21-35/h15-18,25,34-36H,1-14,19-22H2. The molecule has 38 heavy (non-hydrogen) atoms. The summed E-state index contributed by atoms with van der Waals surface area (Å²) >= 11 is 0. The Labute approximate surface area is 223 Å². The number of rotatable bonds is 22. The van der Waals surface area contributed by atoms with E-state index in [0.29, 0.717) is 18.4 Å². The number of halogens is 5. The van der Waals surface area contributed by atoms with E-state index in [-0.39, 0.29) is 13.0 Å². The van der Waals surface area contributed by atoms with Gasteiger partial charge in [0.25, 0.3) is 0 Å². The highest BCUT2D eigenvalue weighted by atomic mass is 19.4. The molecule has 0 aromatic heterocycles. The summed E-state index contributed by atoms with van der Waals surface area (Å²) in [4.78, 5) is 11.9. The van der Waals surface area contributed by atoms with E-state index >= 15 is 0 Å².